The number of nitrogens with one attached hydrogen (secondary N) is 2. The topological polar surface area (TPSA) is 101 Å². The van der Waals surface area contributed by atoms with E-state index in [9.17, 15) is 14.4 Å². The lowest BCUT2D eigenvalue weighted by Gasteiger charge is -2.17. The van der Waals surface area contributed by atoms with Gasteiger partial charge in [0, 0.05) is 9.75 Å². The number of thioether (sulfide) groups is 1. The highest BCUT2D eigenvalue weighted by Gasteiger charge is 2.24. The molecule has 0 saturated carbocycles. The van der Waals surface area contributed by atoms with Gasteiger partial charge in [-0.05, 0) is 49.3 Å². The van der Waals surface area contributed by atoms with E-state index in [1.54, 1.807) is 24.3 Å². The summed E-state index contributed by atoms with van der Waals surface area (Å²) in [5, 5.41) is 4.40. The number of nitrogens with zero attached hydrogens (tertiary/aromatic N) is 1. The Hall–Kier alpha value is -2.95. The van der Waals surface area contributed by atoms with Crippen LogP contribution in [0.5, 0.6) is 0 Å². The minimum absolute atomic E-state index is 0.0391. The van der Waals surface area contributed by atoms with Crippen LogP contribution in [0.4, 0.5) is 5.00 Å². The van der Waals surface area contributed by atoms with Crippen LogP contribution in [-0.2, 0) is 22.4 Å². The Kier molecular flexibility index (Phi) is 7.27. The molecule has 1 aliphatic rings. The molecule has 0 bridgehead atoms. The molecule has 186 valence electrons. The average Bonchev–Trinajstić information content (AvgIpc) is 3.44. The maximum absolute atomic E-state index is 12.8. The number of anilines is 1. The fraction of sp³-hybridized carbons (Fsp3) is 0.308. The molecule has 36 heavy (non-hydrogen) atoms. The zero-order chi connectivity index (χ0) is 25.2. The summed E-state index contributed by atoms with van der Waals surface area (Å²) in [5.41, 5.74) is 2.26. The third-order valence-electron chi connectivity index (χ3n) is 6.02. The highest BCUT2D eigenvalue weighted by molar-refractivity contribution is 7.99. The van der Waals surface area contributed by atoms with Crippen molar-refractivity contribution in [2.24, 2.45) is 5.92 Å². The summed E-state index contributed by atoms with van der Waals surface area (Å²) in [5.74, 6) is -0.126. The van der Waals surface area contributed by atoms with Crippen LogP contribution in [0.1, 0.15) is 41.1 Å². The van der Waals surface area contributed by atoms with Crippen molar-refractivity contribution in [3.63, 3.8) is 0 Å². The van der Waals surface area contributed by atoms with Gasteiger partial charge in [0.1, 0.15) is 9.83 Å². The van der Waals surface area contributed by atoms with E-state index >= 15 is 0 Å². The van der Waals surface area contributed by atoms with E-state index in [1.165, 1.54) is 28.0 Å². The number of aromatic nitrogens is 2. The smallest absolute Gasteiger partial charge is 0.341 e. The van der Waals surface area contributed by atoms with E-state index in [1.807, 2.05) is 30.3 Å². The van der Waals surface area contributed by atoms with E-state index in [2.05, 4.69) is 22.2 Å². The number of amides is 1. The Morgan fingerprint density at radius 3 is 2.83 bits per heavy atom. The molecule has 0 saturated heterocycles. The monoisotopic (exact) mass is 539 g/mol. The van der Waals surface area contributed by atoms with E-state index in [0.29, 0.717) is 27.0 Å². The molecule has 1 aromatic carbocycles. The van der Waals surface area contributed by atoms with E-state index in [0.717, 1.165) is 40.1 Å². The van der Waals surface area contributed by atoms with E-state index in [4.69, 9.17) is 4.74 Å². The molecule has 0 radical (unpaired) electrons. The Labute approximate surface area is 220 Å². The molecule has 2 N–H and O–H groups in total. The molecule has 5 rings (SSSR count). The second-order valence-electron chi connectivity index (χ2n) is 8.68. The number of hydrogen-bond acceptors (Lipinski definition) is 8. The van der Waals surface area contributed by atoms with Crippen molar-refractivity contribution in [1.29, 1.82) is 0 Å². The van der Waals surface area contributed by atoms with E-state index in [-0.39, 0.29) is 23.8 Å². The normalized spacial score (nSPS) is 15.0. The number of rotatable bonds is 7. The summed E-state index contributed by atoms with van der Waals surface area (Å²) >= 11 is 4.07. The number of esters is 1. The highest BCUT2D eigenvalue weighted by Crippen LogP contribution is 2.37. The molecule has 0 spiro atoms. The predicted molar refractivity (Wildman–Crippen MR) is 146 cm³/mol. The van der Waals surface area contributed by atoms with Gasteiger partial charge >= 0.3 is 5.97 Å². The Bertz CT molecular complexity index is 1490. The molecule has 7 nitrogen and oxygen atoms in total. The number of carbonyl (C=O) groups excluding carboxylic acids is 2. The second kappa shape index (κ2) is 10.6. The fourth-order valence-electron chi connectivity index (χ4n) is 4.28. The number of fused-ring (bicyclic) bond motifs is 3. The van der Waals surface area contributed by atoms with Crippen LogP contribution in [0.2, 0.25) is 0 Å². The standard InChI is InChI=1S/C26H25N3O4S3/c1-3-33-25(32)17-12-18(15-7-5-4-6-8-15)35-23(17)27-20(30)13-34-26-28-22(31)21-16-10-9-14(2)11-19(16)36-24(21)29-26/h4-8,12,14H,3,9-11,13H2,1-2H3,(H,27,30)(H,28,29,31). The van der Waals surface area contributed by atoms with Crippen LogP contribution >= 0.6 is 34.4 Å². The Morgan fingerprint density at radius 2 is 2.06 bits per heavy atom. The van der Waals surface area contributed by atoms with Crippen LogP contribution in [0, 0.1) is 5.92 Å². The minimum atomic E-state index is -0.480. The number of carbonyl (C=O) groups is 2. The van der Waals surface area contributed by atoms with Crippen molar-refractivity contribution in [3.05, 3.63) is 62.8 Å². The lowest BCUT2D eigenvalue weighted by atomic mass is 9.89. The maximum atomic E-state index is 12.8. The van der Waals surface area contributed by atoms with Crippen LogP contribution in [0.3, 0.4) is 0 Å². The molecular formula is C26H25N3O4S3. The van der Waals surface area contributed by atoms with Gasteiger partial charge in [-0.15, -0.1) is 22.7 Å². The quantitative estimate of drug-likeness (QED) is 0.176. The number of H-pyrrole nitrogens is 1. The van der Waals surface area contributed by atoms with Crippen LogP contribution in [-0.4, -0.2) is 34.2 Å². The largest absolute Gasteiger partial charge is 0.462 e. The molecule has 10 heteroatoms. The third kappa shape index (κ3) is 5.11. The summed E-state index contributed by atoms with van der Waals surface area (Å²) in [6, 6.07) is 11.4. The first-order valence-corrected chi connectivity index (χ1v) is 14.4. The van der Waals surface area contributed by atoms with Crippen LogP contribution in [0.25, 0.3) is 20.7 Å². The second-order valence-corrected chi connectivity index (χ2v) is 11.8. The van der Waals surface area contributed by atoms with Crippen molar-refractivity contribution in [2.45, 2.75) is 38.3 Å². The Morgan fingerprint density at radius 1 is 1.25 bits per heavy atom. The van der Waals surface area contributed by atoms with Gasteiger partial charge in [-0.1, -0.05) is 49.0 Å². The zero-order valence-electron chi connectivity index (χ0n) is 19.9. The number of aryl methyl sites for hydroxylation is 1. The van der Waals surface area contributed by atoms with Gasteiger partial charge in [-0.2, -0.15) is 0 Å². The molecule has 1 amide bonds. The summed E-state index contributed by atoms with van der Waals surface area (Å²) in [6.45, 7) is 4.21. The number of ether oxygens (including phenoxy) is 1. The summed E-state index contributed by atoms with van der Waals surface area (Å²) < 4.78 is 5.19. The van der Waals surface area contributed by atoms with Crippen LogP contribution < -0.4 is 10.9 Å². The molecule has 1 aliphatic carbocycles. The first-order chi connectivity index (χ1) is 17.4. The lowest BCUT2D eigenvalue weighted by Crippen LogP contribution is -2.17. The summed E-state index contributed by atoms with van der Waals surface area (Å²) in [7, 11) is 0. The van der Waals surface area contributed by atoms with Gasteiger partial charge in [0.2, 0.25) is 5.91 Å². The third-order valence-corrected chi connectivity index (χ3v) is 9.14. The van der Waals surface area contributed by atoms with Crippen molar-refractivity contribution in [2.75, 3.05) is 17.7 Å². The van der Waals surface area contributed by atoms with Crippen molar-refractivity contribution >= 4 is 61.5 Å². The van der Waals surface area contributed by atoms with Crippen molar-refractivity contribution in [3.8, 4) is 10.4 Å². The fourth-order valence-corrected chi connectivity index (χ4v) is 7.45. The lowest BCUT2D eigenvalue weighted by molar-refractivity contribution is -0.113. The number of benzene rings is 1. The summed E-state index contributed by atoms with van der Waals surface area (Å²) in [4.78, 5) is 48.5. The molecule has 1 atom stereocenters. The summed E-state index contributed by atoms with van der Waals surface area (Å²) in [6.07, 6.45) is 2.97. The van der Waals surface area contributed by atoms with Gasteiger partial charge in [0.05, 0.1) is 23.3 Å². The van der Waals surface area contributed by atoms with Gasteiger partial charge in [0.25, 0.3) is 5.56 Å². The Balaban J connectivity index is 1.33. The number of aromatic amines is 1. The molecule has 1 unspecified atom stereocenters. The maximum Gasteiger partial charge on any atom is 0.341 e. The zero-order valence-corrected chi connectivity index (χ0v) is 22.3. The van der Waals surface area contributed by atoms with Gasteiger partial charge in [-0.25, -0.2) is 9.78 Å². The van der Waals surface area contributed by atoms with Gasteiger partial charge in [0.15, 0.2) is 5.16 Å². The number of hydrogen-bond donors (Lipinski definition) is 2. The molecule has 4 aromatic rings. The molecule has 3 aromatic heterocycles. The molecule has 3 heterocycles. The van der Waals surface area contributed by atoms with Gasteiger partial charge < -0.3 is 15.0 Å². The average molecular weight is 540 g/mol. The number of thiophene rings is 2. The van der Waals surface area contributed by atoms with E-state index < -0.39 is 5.97 Å². The van der Waals surface area contributed by atoms with Crippen LogP contribution in [0.15, 0.2) is 46.3 Å². The highest BCUT2D eigenvalue weighted by atomic mass is 32.2. The minimum Gasteiger partial charge on any atom is -0.462 e. The first kappa shape index (κ1) is 24.7. The molecular weight excluding hydrogens is 515 g/mol. The van der Waals surface area contributed by atoms with Crippen molar-refractivity contribution in [1.82, 2.24) is 9.97 Å². The van der Waals surface area contributed by atoms with Gasteiger partial charge in [-0.3, -0.25) is 9.59 Å². The molecule has 0 fully saturated rings. The molecule has 0 aliphatic heterocycles. The predicted octanol–water partition coefficient (Wildman–Crippen LogP) is 5.75. The van der Waals surface area contributed by atoms with Crippen molar-refractivity contribution < 1.29 is 14.3 Å². The SMILES string of the molecule is CCOC(=O)c1cc(-c2ccccc2)sc1NC(=O)CSc1nc2sc3c(c2c(=O)[nH]1)CCC(C)C3. The first-order valence-electron chi connectivity index (χ1n) is 11.8.